The number of benzene rings is 1. The highest BCUT2D eigenvalue weighted by Crippen LogP contribution is 2.25. The molecule has 0 saturated carbocycles. The Morgan fingerprint density at radius 2 is 1.67 bits per heavy atom. The molecule has 0 fully saturated rings. The van der Waals surface area contributed by atoms with E-state index >= 15 is 0 Å². The number of fused-ring (bicyclic) bond motifs is 3. The van der Waals surface area contributed by atoms with Gasteiger partial charge < -0.3 is 4.57 Å². The van der Waals surface area contributed by atoms with Crippen LogP contribution < -0.4 is 0 Å². The zero-order chi connectivity index (χ0) is 17.4. The Balaban J connectivity index is 0.000000815. The topological polar surface area (TPSA) is 61.4 Å². The van der Waals surface area contributed by atoms with Crippen molar-refractivity contribution >= 4 is 22.1 Å². The first kappa shape index (κ1) is 16.1. The van der Waals surface area contributed by atoms with E-state index in [2.05, 4.69) is 33.3 Å². The molecule has 0 aliphatic heterocycles. The highest BCUT2D eigenvalue weighted by molar-refractivity contribution is 6.03. The zero-order valence-electron chi connectivity index (χ0n) is 15.0. The van der Waals surface area contributed by atoms with Gasteiger partial charge in [-0.3, -0.25) is 0 Å². The molecule has 0 amide bonds. The van der Waals surface area contributed by atoms with Gasteiger partial charge in [0.1, 0.15) is 5.52 Å². The molecule has 3 aromatic heterocycles. The summed E-state index contributed by atoms with van der Waals surface area (Å²) in [5, 5.41) is 14.3. The number of hydrogen-bond donors (Lipinski definition) is 0. The Morgan fingerprint density at radius 1 is 0.958 bits per heavy atom. The largest absolute Gasteiger partial charge is 0.327 e. The normalized spacial score (nSPS) is 10.9. The van der Waals surface area contributed by atoms with Gasteiger partial charge in [0.05, 0.1) is 11.2 Å². The first-order valence-electron chi connectivity index (χ1n) is 8.19. The van der Waals surface area contributed by atoms with Crippen molar-refractivity contribution in [2.75, 3.05) is 0 Å². The number of hydrogen-bond acceptors (Lipinski definition) is 4. The molecule has 0 radical (unpaired) electrons. The van der Waals surface area contributed by atoms with E-state index in [-0.39, 0.29) is 0 Å². The van der Waals surface area contributed by atoms with Crippen LogP contribution in [0.2, 0.25) is 0 Å². The van der Waals surface area contributed by atoms with Gasteiger partial charge in [-0.05, 0) is 32.4 Å². The zero-order valence-corrected chi connectivity index (χ0v) is 15.0. The van der Waals surface area contributed by atoms with Gasteiger partial charge >= 0.3 is 0 Å². The minimum absolute atomic E-state index is 0.507. The predicted octanol–water partition coefficient (Wildman–Crippen LogP) is 3.65. The van der Waals surface area contributed by atoms with Crippen LogP contribution in [0.4, 0.5) is 0 Å². The maximum atomic E-state index is 4.69. The third kappa shape index (κ3) is 2.26. The fourth-order valence-corrected chi connectivity index (χ4v) is 2.80. The van der Waals surface area contributed by atoms with E-state index in [1.165, 1.54) is 0 Å². The van der Waals surface area contributed by atoms with Crippen LogP contribution in [0, 0.1) is 20.8 Å². The molecule has 0 saturated heterocycles. The molecule has 4 aromatic rings. The lowest BCUT2D eigenvalue weighted by atomic mass is 10.2. The van der Waals surface area contributed by atoms with Gasteiger partial charge in [-0.25, -0.2) is 4.68 Å². The van der Waals surface area contributed by atoms with E-state index < -0.39 is 0 Å². The number of rotatable bonds is 1. The molecule has 1 aromatic carbocycles. The Bertz CT molecular complexity index is 1030. The minimum atomic E-state index is 0.507. The van der Waals surface area contributed by atoms with Gasteiger partial charge in [0.15, 0.2) is 5.65 Å². The van der Waals surface area contributed by atoms with Crippen molar-refractivity contribution in [2.45, 2.75) is 34.6 Å². The number of aromatic nitrogens is 6. The predicted molar refractivity (Wildman–Crippen MR) is 96.5 cm³/mol. The van der Waals surface area contributed by atoms with Crippen molar-refractivity contribution in [2.24, 2.45) is 7.05 Å². The van der Waals surface area contributed by atoms with Crippen molar-refractivity contribution in [1.82, 2.24) is 29.5 Å². The van der Waals surface area contributed by atoms with E-state index in [9.17, 15) is 0 Å². The molecule has 0 unspecified atom stereocenters. The molecule has 0 aliphatic carbocycles. The number of para-hydroxylation sites is 1. The van der Waals surface area contributed by atoms with E-state index in [1.54, 1.807) is 4.68 Å². The molecule has 0 N–H and O–H groups in total. The van der Waals surface area contributed by atoms with Gasteiger partial charge in [0, 0.05) is 18.1 Å². The third-order valence-corrected chi connectivity index (χ3v) is 4.34. The summed E-state index contributed by atoms with van der Waals surface area (Å²) in [5.74, 6) is 0.507. The Hall–Kier alpha value is -2.76. The van der Waals surface area contributed by atoms with Crippen LogP contribution in [-0.2, 0) is 7.05 Å². The van der Waals surface area contributed by atoms with Gasteiger partial charge in [-0.15, -0.1) is 10.2 Å². The molecule has 6 heteroatoms. The molecule has 124 valence electrons. The second-order valence-electron chi connectivity index (χ2n) is 5.57. The molecule has 6 nitrogen and oxygen atoms in total. The highest BCUT2D eigenvalue weighted by Gasteiger charge is 2.15. The molecular weight excluding hydrogens is 300 g/mol. The molecule has 0 aliphatic rings. The smallest absolute Gasteiger partial charge is 0.272 e. The second-order valence-corrected chi connectivity index (χ2v) is 5.57. The van der Waals surface area contributed by atoms with Crippen molar-refractivity contribution < 1.29 is 0 Å². The van der Waals surface area contributed by atoms with Crippen molar-refractivity contribution in [3.63, 3.8) is 0 Å². The van der Waals surface area contributed by atoms with Crippen molar-refractivity contribution in [1.29, 1.82) is 0 Å². The lowest BCUT2D eigenvalue weighted by Gasteiger charge is -2.02. The summed E-state index contributed by atoms with van der Waals surface area (Å²) in [6.07, 6.45) is 0. The Morgan fingerprint density at radius 3 is 2.33 bits per heavy atom. The standard InChI is InChI=1S/C16H16N6.C2H6/c1-9-10(2)20-22(11(9)3)16-17-15-14(18-19-16)12-7-5-6-8-13(12)21(15)4;1-2/h5-8H,1-4H3;1-2H3. The van der Waals surface area contributed by atoms with Crippen molar-refractivity contribution in [3.8, 4) is 5.95 Å². The van der Waals surface area contributed by atoms with Crippen LogP contribution in [-0.4, -0.2) is 29.5 Å². The average Bonchev–Trinajstić information content (AvgIpc) is 3.06. The fraction of sp³-hybridized carbons (Fsp3) is 0.333. The van der Waals surface area contributed by atoms with Gasteiger partial charge in [-0.1, -0.05) is 32.0 Å². The Labute approximate surface area is 141 Å². The van der Waals surface area contributed by atoms with E-state index in [0.717, 1.165) is 39.0 Å². The summed E-state index contributed by atoms with van der Waals surface area (Å²) in [6, 6.07) is 8.12. The first-order chi connectivity index (χ1) is 11.6. The monoisotopic (exact) mass is 322 g/mol. The van der Waals surface area contributed by atoms with Crippen molar-refractivity contribution in [3.05, 3.63) is 41.2 Å². The number of aryl methyl sites for hydroxylation is 2. The van der Waals surface area contributed by atoms with E-state index in [0.29, 0.717) is 5.95 Å². The SMILES string of the molecule is CC.Cc1nn(-c2nnc3c4ccccc4n(C)c3n2)c(C)c1C. The molecule has 4 rings (SSSR count). The number of nitrogens with zero attached hydrogens (tertiary/aromatic N) is 6. The lowest BCUT2D eigenvalue weighted by molar-refractivity contribution is 0.752. The highest BCUT2D eigenvalue weighted by atomic mass is 15.4. The summed E-state index contributed by atoms with van der Waals surface area (Å²) in [4.78, 5) is 4.69. The molecule has 3 heterocycles. The summed E-state index contributed by atoms with van der Waals surface area (Å²) >= 11 is 0. The molecule has 0 spiro atoms. The quantitative estimate of drug-likeness (QED) is 0.536. The third-order valence-electron chi connectivity index (χ3n) is 4.34. The summed E-state index contributed by atoms with van der Waals surface area (Å²) in [5.41, 5.74) is 5.91. The summed E-state index contributed by atoms with van der Waals surface area (Å²) in [6.45, 7) is 10.1. The van der Waals surface area contributed by atoms with Crippen LogP contribution in [0.25, 0.3) is 28.0 Å². The maximum absolute atomic E-state index is 4.69. The summed E-state index contributed by atoms with van der Waals surface area (Å²) < 4.78 is 3.80. The first-order valence-corrected chi connectivity index (χ1v) is 8.19. The molecule has 0 atom stereocenters. The van der Waals surface area contributed by atoms with E-state index in [1.807, 2.05) is 57.5 Å². The minimum Gasteiger partial charge on any atom is -0.327 e. The maximum Gasteiger partial charge on any atom is 0.272 e. The van der Waals surface area contributed by atoms with Crippen LogP contribution in [0.1, 0.15) is 30.8 Å². The van der Waals surface area contributed by atoms with E-state index in [4.69, 9.17) is 0 Å². The average molecular weight is 322 g/mol. The van der Waals surface area contributed by atoms with Gasteiger partial charge in [-0.2, -0.15) is 10.1 Å². The lowest BCUT2D eigenvalue weighted by Crippen LogP contribution is -2.07. The molecule has 0 bridgehead atoms. The molecule has 24 heavy (non-hydrogen) atoms. The van der Waals surface area contributed by atoms with Gasteiger partial charge in [0.2, 0.25) is 0 Å². The van der Waals surface area contributed by atoms with Crippen LogP contribution in [0.3, 0.4) is 0 Å². The molecular formula is C18H22N6. The van der Waals surface area contributed by atoms with Gasteiger partial charge in [0.25, 0.3) is 5.95 Å². The second kappa shape index (κ2) is 6.03. The summed E-state index contributed by atoms with van der Waals surface area (Å²) in [7, 11) is 2.00. The Kier molecular flexibility index (Phi) is 4.05. The van der Waals surface area contributed by atoms with Crippen LogP contribution >= 0.6 is 0 Å². The van der Waals surface area contributed by atoms with Crippen LogP contribution in [0.5, 0.6) is 0 Å². The fourth-order valence-electron chi connectivity index (χ4n) is 2.80. The van der Waals surface area contributed by atoms with Crippen LogP contribution in [0.15, 0.2) is 24.3 Å².